The average Bonchev–Trinajstić information content (AvgIpc) is 2.38. The Balaban J connectivity index is 2.59. The first-order chi connectivity index (χ1) is 9.45. The molecule has 0 spiro atoms. The molecule has 0 saturated heterocycles. The maximum Gasteiger partial charge on any atom is 0.260 e. The highest BCUT2D eigenvalue weighted by Crippen LogP contribution is 2.22. The Morgan fingerprint density at radius 2 is 2.15 bits per heavy atom. The molecular formula is C14H20FNO4. The summed E-state index contributed by atoms with van der Waals surface area (Å²) in [4.78, 5) is 11.7. The number of methoxy groups -OCH3 is 1. The van der Waals surface area contributed by atoms with Crippen molar-refractivity contribution in [3.63, 3.8) is 0 Å². The largest absolute Gasteiger partial charge is 0.481 e. The molecule has 0 saturated carbocycles. The fourth-order valence-corrected chi connectivity index (χ4v) is 1.60. The maximum atomic E-state index is 13.6. The lowest BCUT2D eigenvalue weighted by Gasteiger charge is -2.15. The molecule has 0 aliphatic rings. The van der Waals surface area contributed by atoms with Crippen LogP contribution in [0.2, 0.25) is 0 Å². The minimum Gasteiger partial charge on any atom is -0.481 e. The quantitative estimate of drug-likeness (QED) is 0.743. The number of amides is 1. The van der Waals surface area contributed by atoms with Crippen molar-refractivity contribution in [2.75, 3.05) is 20.3 Å². The van der Waals surface area contributed by atoms with Gasteiger partial charge in [-0.2, -0.15) is 0 Å². The summed E-state index contributed by atoms with van der Waals surface area (Å²) in [5, 5.41) is 12.0. The Morgan fingerprint density at radius 1 is 1.45 bits per heavy atom. The number of hydrogen-bond donors (Lipinski definition) is 2. The first-order valence-electron chi connectivity index (χ1n) is 6.36. The minimum absolute atomic E-state index is 0.189. The van der Waals surface area contributed by atoms with Gasteiger partial charge in [0.1, 0.15) is 11.6 Å². The van der Waals surface area contributed by atoms with E-state index < -0.39 is 18.0 Å². The van der Waals surface area contributed by atoms with Crippen LogP contribution in [-0.2, 0) is 9.53 Å². The van der Waals surface area contributed by atoms with Gasteiger partial charge in [0.15, 0.2) is 6.10 Å². The van der Waals surface area contributed by atoms with Gasteiger partial charge in [-0.3, -0.25) is 4.79 Å². The van der Waals surface area contributed by atoms with Crippen LogP contribution in [0.15, 0.2) is 18.2 Å². The smallest absolute Gasteiger partial charge is 0.260 e. The van der Waals surface area contributed by atoms with E-state index in [1.165, 1.54) is 19.1 Å². The van der Waals surface area contributed by atoms with Crippen molar-refractivity contribution >= 4 is 5.91 Å². The molecule has 0 fully saturated rings. The molecule has 0 aliphatic carbocycles. The zero-order valence-electron chi connectivity index (χ0n) is 11.9. The van der Waals surface area contributed by atoms with Crippen molar-refractivity contribution in [1.29, 1.82) is 0 Å². The molecule has 20 heavy (non-hydrogen) atoms. The van der Waals surface area contributed by atoms with Crippen molar-refractivity contribution in [2.45, 2.75) is 26.1 Å². The number of benzene rings is 1. The molecule has 112 valence electrons. The van der Waals surface area contributed by atoms with Gasteiger partial charge in [-0.1, -0.05) is 0 Å². The summed E-state index contributed by atoms with van der Waals surface area (Å²) in [5.41, 5.74) is 0.189. The molecule has 1 rings (SSSR count). The van der Waals surface area contributed by atoms with Gasteiger partial charge in [-0.15, -0.1) is 0 Å². The molecule has 0 bridgehead atoms. The molecule has 2 N–H and O–H groups in total. The van der Waals surface area contributed by atoms with Gasteiger partial charge in [-0.05, 0) is 26.0 Å². The van der Waals surface area contributed by atoms with Gasteiger partial charge in [0.25, 0.3) is 5.91 Å². The number of nitrogens with one attached hydrogen (secondary N) is 1. The third-order valence-electron chi connectivity index (χ3n) is 2.71. The zero-order valence-corrected chi connectivity index (χ0v) is 11.9. The molecule has 1 aromatic carbocycles. The summed E-state index contributed by atoms with van der Waals surface area (Å²) in [7, 11) is 1.54. The van der Waals surface area contributed by atoms with E-state index in [0.717, 1.165) is 6.07 Å². The van der Waals surface area contributed by atoms with E-state index in [2.05, 4.69) is 5.32 Å². The maximum absolute atomic E-state index is 13.6. The lowest BCUT2D eigenvalue weighted by molar-refractivity contribution is -0.127. The summed E-state index contributed by atoms with van der Waals surface area (Å²) in [5.74, 6) is -0.632. The van der Waals surface area contributed by atoms with E-state index in [-0.39, 0.29) is 17.2 Å². The van der Waals surface area contributed by atoms with E-state index in [4.69, 9.17) is 9.47 Å². The molecule has 0 heterocycles. The van der Waals surface area contributed by atoms with Crippen molar-refractivity contribution in [2.24, 2.45) is 0 Å². The molecule has 5 nitrogen and oxygen atoms in total. The second kappa shape index (κ2) is 7.81. The number of carbonyl (C=O) groups is 1. The lowest BCUT2D eigenvalue weighted by atomic mass is 10.1. The van der Waals surface area contributed by atoms with Crippen LogP contribution >= 0.6 is 0 Å². The van der Waals surface area contributed by atoms with Crippen LogP contribution in [0.25, 0.3) is 0 Å². The Labute approximate surface area is 117 Å². The summed E-state index contributed by atoms with van der Waals surface area (Å²) >= 11 is 0. The van der Waals surface area contributed by atoms with Gasteiger partial charge < -0.3 is 19.9 Å². The first-order valence-corrected chi connectivity index (χ1v) is 6.36. The molecule has 1 unspecified atom stereocenters. The number of rotatable bonds is 7. The van der Waals surface area contributed by atoms with Gasteiger partial charge in [-0.25, -0.2) is 4.39 Å². The molecule has 0 aromatic heterocycles. The number of halogens is 1. The second-order valence-electron chi connectivity index (χ2n) is 4.40. The van der Waals surface area contributed by atoms with Crippen LogP contribution < -0.4 is 10.1 Å². The second-order valence-corrected chi connectivity index (χ2v) is 4.40. The standard InChI is InChI=1S/C14H20FNO4/c1-9(17)12-5-4-11(8-13(12)15)20-10(2)14(18)16-6-7-19-3/h4-5,8-10,17H,6-7H2,1-3H3,(H,16,18)/t9-,10?/m0/s1. The summed E-state index contributed by atoms with van der Waals surface area (Å²) in [6.45, 7) is 3.85. The minimum atomic E-state index is -0.890. The Hall–Kier alpha value is -1.66. The number of aliphatic hydroxyl groups excluding tert-OH is 1. The fourth-order valence-electron chi connectivity index (χ4n) is 1.60. The van der Waals surface area contributed by atoms with Crippen LogP contribution in [0.1, 0.15) is 25.5 Å². The summed E-state index contributed by atoms with van der Waals surface area (Å²) in [6.07, 6.45) is -1.64. The van der Waals surface area contributed by atoms with Crippen LogP contribution in [0.5, 0.6) is 5.75 Å². The fraction of sp³-hybridized carbons (Fsp3) is 0.500. The highest BCUT2D eigenvalue weighted by molar-refractivity contribution is 5.80. The normalized spacial score (nSPS) is 13.7. The Bertz CT molecular complexity index is 451. The molecule has 0 aliphatic heterocycles. The van der Waals surface area contributed by atoms with Crippen LogP contribution in [0.3, 0.4) is 0 Å². The number of ether oxygens (including phenoxy) is 2. The van der Waals surface area contributed by atoms with E-state index in [9.17, 15) is 14.3 Å². The van der Waals surface area contributed by atoms with Crippen molar-refractivity contribution in [1.82, 2.24) is 5.32 Å². The summed E-state index contributed by atoms with van der Waals surface area (Å²) in [6, 6.07) is 4.11. The van der Waals surface area contributed by atoms with Crippen molar-refractivity contribution in [3.05, 3.63) is 29.6 Å². The molecule has 1 aromatic rings. The molecular weight excluding hydrogens is 265 g/mol. The number of aliphatic hydroxyl groups is 1. The third-order valence-corrected chi connectivity index (χ3v) is 2.71. The van der Waals surface area contributed by atoms with Crippen LogP contribution in [0.4, 0.5) is 4.39 Å². The predicted octanol–water partition coefficient (Wildman–Crippen LogP) is 1.41. The van der Waals surface area contributed by atoms with E-state index in [0.29, 0.717) is 13.2 Å². The number of carbonyl (C=O) groups excluding carboxylic acids is 1. The number of hydrogen-bond acceptors (Lipinski definition) is 4. The van der Waals surface area contributed by atoms with Gasteiger partial charge in [0.05, 0.1) is 12.7 Å². The SMILES string of the molecule is COCCNC(=O)C(C)Oc1ccc([C@H](C)O)c(F)c1. The average molecular weight is 285 g/mol. The zero-order chi connectivity index (χ0) is 15.1. The third kappa shape index (κ3) is 4.79. The monoisotopic (exact) mass is 285 g/mol. The van der Waals surface area contributed by atoms with Crippen LogP contribution in [-0.4, -0.2) is 37.4 Å². The Kier molecular flexibility index (Phi) is 6.41. The van der Waals surface area contributed by atoms with E-state index >= 15 is 0 Å². The van der Waals surface area contributed by atoms with Gasteiger partial charge in [0, 0.05) is 25.3 Å². The topological polar surface area (TPSA) is 67.8 Å². The highest BCUT2D eigenvalue weighted by atomic mass is 19.1. The molecule has 2 atom stereocenters. The van der Waals surface area contributed by atoms with E-state index in [1.54, 1.807) is 14.0 Å². The van der Waals surface area contributed by atoms with E-state index in [1.807, 2.05) is 0 Å². The lowest BCUT2D eigenvalue weighted by Crippen LogP contribution is -2.37. The highest BCUT2D eigenvalue weighted by Gasteiger charge is 2.15. The van der Waals surface area contributed by atoms with Crippen LogP contribution in [0, 0.1) is 5.82 Å². The van der Waals surface area contributed by atoms with Crippen molar-refractivity contribution in [3.8, 4) is 5.75 Å². The first kappa shape index (κ1) is 16.4. The Morgan fingerprint density at radius 3 is 2.70 bits per heavy atom. The molecule has 6 heteroatoms. The van der Waals surface area contributed by atoms with Crippen molar-refractivity contribution < 1.29 is 23.8 Å². The predicted molar refractivity (Wildman–Crippen MR) is 72.0 cm³/mol. The summed E-state index contributed by atoms with van der Waals surface area (Å²) < 4.78 is 23.8. The van der Waals surface area contributed by atoms with Gasteiger partial charge in [0.2, 0.25) is 0 Å². The van der Waals surface area contributed by atoms with Gasteiger partial charge >= 0.3 is 0 Å². The molecule has 1 amide bonds. The molecule has 0 radical (unpaired) electrons.